The van der Waals surface area contributed by atoms with E-state index in [0.717, 1.165) is 11.8 Å². The van der Waals surface area contributed by atoms with Crippen molar-refractivity contribution in [2.75, 3.05) is 20.2 Å². The molecule has 26 heavy (non-hydrogen) atoms. The first-order valence-corrected chi connectivity index (χ1v) is 8.48. The van der Waals surface area contributed by atoms with Crippen LogP contribution in [0, 0.1) is 0 Å². The molecule has 1 atom stereocenters. The second-order valence-corrected chi connectivity index (χ2v) is 6.09. The van der Waals surface area contributed by atoms with E-state index < -0.39 is 30.3 Å². The fourth-order valence-electron chi connectivity index (χ4n) is 3.24. The second kappa shape index (κ2) is 7.63. The highest BCUT2D eigenvalue weighted by Gasteiger charge is 2.35. The van der Waals surface area contributed by atoms with E-state index in [9.17, 15) is 14.4 Å². The van der Waals surface area contributed by atoms with Gasteiger partial charge in [-0.2, -0.15) is 0 Å². The topological polar surface area (TPSA) is 102 Å². The van der Waals surface area contributed by atoms with Crippen molar-refractivity contribution in [2.24, 2.45) is 5.73 Å². The normalized spacial score (nSPS) is 16.5. The van der Waals surface area contributed by atoms with Crippen LogP contribution in [0.2, 0.25) is 0 Å². The van der Waals surface area contributed by atoms with Gasteiger partial charge < -0.3 is 15.8 Å². The number of hydrogen-bond donors (Lipinski definition) is 2. The van der Waals surface area contributed by atoms with Crippen LogP contribution in [0.15, 0.2) is 36.4 Å². The van der Waals surface area contributed by atoms with Gasteiger partial charge in [0.25, 0.3) is 11.8 Å². The molecule has 3 N–H and O–H groups in total. The summed E-state index contributed by atoms with van der Waals surface area (Å²) in [5.41, 5.74) is 5.71. The Labute approximate surface area is 151 Å². The molecule has 1 fully saturated rings. The van der Waals surface area contributed by atoms with Gasteiger partial charge in [0, 0.05) is 10.9 Å². The summed E-state index contributed by atoms with van der Waals surface area (Å²) in [6, 6.07) is 9.87. The highest BCUT2D eigenvalue weighted by molar-refractivity contribution is 6.21. The first-order chi connectivity index (χ1) is 12.6. The van der Waals surface area contributed by atoms with Gasteiger partial charge in [-0.1, -0.05) is 24.3 Å². The van der Waals surface area contributed by atoms with Crippen LogP contribution in [0.3, 0.4) is 0 Å². The van der Waals surface area contributed by atoms with Crippen LogP contribution in [-0.4, -0.2) is 48.9 Å². The Morgan fingerprint density at radius 2 is 1.92 bits per heavy atom. The molecule has 0 bridgehead atoms. The van der Waals surface area contributed by atoms with Crippen molar-refractivity contribution in [3.8, 4) is 5.75 Å². The van der Waals surface area contributed by atoms with Crippen LogP contribution in [0.5, 0.6) is 5.75 Å². The molecular weight excluding hydrogens is 334 g/mol. The van der Waals surface area contributed by atoms with Crippen LogP contribution < -0.4 is 15.8 Å². The van der Waals surface area contributed by atoms with E-state index in [1.807, 2.05) is 12.1 Å². The fourth-order valence-corrected chi connectivity index (χ4v) is 3.24. The molecule has 3 amide bonds. The molecule has 7 nitrogen and oxygen atoms in total. The summed E-state index contributed by atoms with van der Waals surface area (Å²) in [5, 5.41) is 4.36. The highest BCUT2D eigenvalue weighted by Crippen LogP contribution is 2.29. The zero-order chi connectivity index (χ0) is 18.7. The highest BCUT2D eigenvalue weighted by atomic mass is 16.5. The third-order valence-corrected chi connectivity index (χ3v) is 4.54. The van der Waals surface area contributed by atoms with E-state index in [1.165, 1.54) is 0 Å². The Morgan fingerprint density at radius 1 is 1.19 bits per heavy atom. The van der Waals surface area contributed by atoms with Crippen molar-refractivity contribution < 1.29 is 19.1 Å². The number of carbonyl (C=O) groups excluding carboxylic acids is 3. The Morgan fingerprint density at radius 3 is 2.54 bits per heavy atom. The lowest BCUT2D eigenvalue weighted by Crippen LogP contribution is -2.51. The lowest BCUT2D eigenvalue weighted by molar-refractivity contribution is -0.141. The minimum absolute atomic E-state index is 0.259. The van der Waals surface area contributed by atoms with Gasteiger partial charge in [-0.3, -0.25) is 14.4 Å². The van der Waals surface area contributed by atoms with Crippen LogP contribution in [-0.2, 0) is 9.59 Å². The van der Waals surface area contributed by atoms with E-state index in [0.29, 0.717) is 29.0 Å². The number of nitrogens with one attached hydrogen (secondary N) is 1. The average Bonchev–Trinajstić information content (AvgIpc) is 3.21. The van der Waals surface area contributed by atoms with Gasteiger partial charge in [-0.05, 0) is 36.9 Å². The maximum absolute atomic E-state index is 13.1. The first-order valence-electron chi connectivity index (χ1n) is 8.48. The van der Waals surface area contributed by atoms with E-state index in [1.54, 1.807) is 31.4 Å². The predicted octanol–water partition coefficient (Wildman–Crippen LogP) is 1.05. The van der Waals surface area contributed by atoms with E-state index in [4.69, 9.17) is 10.5 Å². The number of methoxy groups -OCH3 is 1. The van der Waals surface area contributed by atoms with Gasteiger partial charge >= 0.3 is 0 Å². The minimum atomic E-state index is -0.714. The minimum Gasteiger partial charge on any atom is -0.496 e. The molecule has 0 spiro atoms. The van der Waals surface area contributed by atoms with E-state index >= 15 is 0 Å². The monoisotopic (exact) mass is 355 g/mol. The molecule has 0 unspecified atom stereocenters. The molecule has 1 saturated heterocycles. The molecule has 0 aromatic heterocycles. The number of hydrogen-bond acceptors (Lipinski definition) is 6. The molecule has 0 saturated carbocycles. The largest absolute Gasteiger partial charge is 0.496 e. The van der Waals surface area contributed by atoms with Gasteiger partial charge in [0.05, 0.1) is 19.7 Å². The molecule has 1 aliphatic heterocycles. The van der Waals surface area contributed by atoms with Crippen molar-refractivity contribution in [1.29, 1.82) is 0 Å². The maximum Gasteiger partial charge on any atom is 0.268 e. The molecule has 7 heteroatoms. The number of fused-ring (bicyclic) bond motifs is 1. The zero-order valence-corrected chi connectivity index (χ0v) is 14.5. The van der Waals surface area contributed by atoms with Gasteiger partial charge in [-0.15, -0.1) is 0 Å². The van der Waals surface area contributed by atoms with Gasteiger partial charge in [-0.25, -0.2) is 4.90 Å². The van der Waals surface area contributed by atoms with Crippen molar-refractivity contribution in [3.05, 3.63) is 42.0 Å². The number of amides is 3. The molecule has 0 aliphatic carbocycles. The molecule has 1 heterocycles. The van der Waals surface area contributed by atoms with Crippen LogP contribution in [0.1, 0.15) is 23.2 Å². The van der Waals surface area contributed by atoms with Gasteiger partial charge in [0.2, 0.25) is 5.91 Å². The molecule has 2 aromatic carbocycles. The Balaban J connectivity index is 2.06. The Hall–Kier alpha value is -2.77. The van der Waals surface area contributed by atoms with Gasteiger partial charge in [0.1, 0.15) is 5.75 Å². The van der Waals surface area contributed by atoms with Gasteiger partial charge in [0.15, 0.2) is 0 Å². The van der Waals surface area contributed by atoms with Crippen LogP contribution in [0.25, 0.3) is 10.8 Å². The fraction of sp³-hybridized carbons (Fsp3) is 0.316. The summed E-state index contributed by atoms with van der Waals surface area (Å²) in [5.74, 6) is -1.33. The summed E-state index contributed by atoms with van der Waals surface area (Å²) >= 11 is 0. The number of benzene rings is 2. The average molecular weight is 355 g/mol. The smallest absolute Gasteiger partial charge is 0.268 e. The molecule has 0 radical (unpaired) electrons. The molecule has 2 aromatic rings. The summed E-state index contributed by atoms with van der Waals surface area (Å²) in [6.07, 6.45) is 1.41. The number of carbonyl (C=O) groups is 3. The first kappa shape index (κ1) is 18.0. The molecular formula is C19H21N3O4. The summed E-state index contributed by atoms with van der Waals surface area (Å²) < 4.78 is 5.33. The van der Waals surface area contributed by atoms with Crippen molar-refractivity contribution in [3.63, 3.8) is 0 Å². The third kappa shape index (κ3) is 3.18. The maximum atomic E-state index is 13.1. The molecule has 1 aliphatic rings. The number of rotatable bonds is 4. The Kier molecular flexibility index (Phi) is 5.29. The standard InChI is InChI=1S/C19H21N3O4/c1-26-16-9-8-14(12-5-2-3-6-13(12)16)18(24)22(17(23)11-20)19(25)15-7-4-10-21-15/h2-3,5-6,8-9,15,21H,4,7,10-11,20H2,1H3/t15-/m0/s1. The second-order valence-electron chi connectivity index (χ2n) is 6.09. The quantitative estimate of drug-likeness (QED) is 0.795. The van der Waals surface area contributed by atoms with E-state index in [2.05, 4.69) is 5.32 Å². The zero-order valence-electron chi connectivity index (χ0n) is 14.5. The summed E-state index contributed by atoms with van der Waals surface area (Å²) in [4.78, 5) is 38.8. The summed E-state index contributed by atoms with van der Waals surface area (Å²) in [7, 11) is 1.54. The lowest BCUT2D eigenvalue weighted by atomic mass is 10.0. The van der Waals surface area contributed by atoms with Crippen LogP contribution in [0.4, 0.5) is 0 Å². The van der Waals surface area contributed by atoms with E-state index in [-0.39, 0.29) is 5.56 Å². The van der Waals surface area contributed by atoms with Crippen LogP contribution >= 0.6 is 0 Å². The SMILES string of the molecule is COc1ccc(C(=O)N(C(=O)CN)C(=O)[C@@H]2CCCN2)c2ccccc12. The van der Waals surface area contributed by atoms with Crippen molar-refractivity contribution in [2.45, 2.75) is 18.9 Å². The number of imide groups is 3. The van der Waals surface area contributed by atoms with Crippen molar-refractivity contribution in [1.82, 2.24) is 10.2 Å². The number of ether oxygens (including phenoxy) is 1. The molecule has 136 valence electrons. The lowest BCUT2D eigenvalue weighted by Gasteiger charge is -2.22. The predicted molar refractivity (Wildman–Crippen MR) is 96.8 cm³/mol. The number of nitrogens with two attached hydrogens (primary N) is 1. The van der Waals surface area contributed by atoms with Crippen molar-refractivity contribution >= 4 is 28.5 Å². The molecule has 3 rings (SSSR count). The summed E-state index contributed by atoms with van der Waals surface area (Å²) in [6.45, 7) is 0.263. The Bertz CT molecular complexity index is 859. The number of nitrogens with zero attached hydrogens (tertiary/aromatic N) is 1. The third-order valence-electron chi connectivity index (χ3n) is 4.54.